The lowest BCUT2D eigenvalue weighted by Gasteiger charge is -2.28. The van der Waals surface area contributed by atoms with E-state index in [9.17, 15) is 0 Å². The molecular weight excluding hydrogens is 272 g/mol. The SMILES string of the molecule is CSC1CCCC(Nc2nc3c(C)cccc3s2)C1. The first-order valence-corrected chi connectivity index (χ1v) is 9.02. The molecule has 2 atom stereocenters. The lowest BCUT2D eigenvalue weighted by molar-refractivity contribution is 0.473. The molecule has 3 rings (SSSR count). The van der Waals surface area contributed by atoms with Crippen molar-refractivity contribution in [2.24, 2.45) is 0 Å². The zero-order valence-electron chi connectivity index (χ0n) is 11.5. The number of nitrogens with zero attached hydrogens (tertiary/aromatic N) is 1. The molecule has 1 heterocycles. The van der Waals surface area contributed by atoms with E-state index in [2.05, 4.69) is 36.7 Å². The largest absolute Gasteiger partial charge is 0.359 e. The number of aryl methyl sites for hydroxylation is 1. The molecule has 2 unspecified atom stereocenters. The van der Waals surface area contributed by atoms with Crippen molar-refractivity contribution in [2.75, 3.05) is 11.6 Å². The molecule has 0 spiro atoms. The lowest BCUT2D eigenvalue weighted by atomic mass is 9.95. The molecule has 2 nitrogen and oxygen atoms in total. The van der Waals surface area contributed by atoms with E-state index in [0.717, 1.165) is 15.9 Å². The Labute approximate surface area is 123 Å². The minimum Gasteiger partial charge on any atom is -0.359 e. The smallest absolute Gasteiger partial charge is 0.184 e. The average molecular weight is 292 g/mol. The zero-order chi connectivity index (χ0) is 13.2. The number of hydrogen-bond acceptors (Lipinski definition) is 4. The van der Waals surface area contributed by atoms with Gasteiger partial charge in [-0.15, -0.1) is 0 Å². The number of benzene rings is 1. The summed E-state index contributed by atoms with van der Waals surface area (Å²) in [6.07, 6.45) is 7.50. The van der Waals surface area contributed by atoms with Crippen LogP contribution in [-0.4, -0.2) is 22.5 Å². The quantitative estimate of drug-likeness (QED) is 0.888. The number of hydrogen-bond donors (Lipinski definition) is 1. The van der Waals surface area contributed by atoms with Gasteiger partial charge in [0.05, 0.1) is 10.2 Å². The van der Waals surface area contributed by atoms with Crippen molar-refractivity contribution in [3.8, 4) is 0 Å². The summed E-state index contributed by atoms with van der Waals surface area (Å²) < 4.78 is 1.29. The van der Waals surface area contributed by atoms with E-state index in [1.807, 2.05) is 11.8 Å². The normalized spacial score (nSPS) is 23.7. The van der Waals surface area contributed by atoms with Gasteiger partial charge in [-0.25, -0.2) is 4.98 Å². The van der Waals surface area contributed by atoms with Crippen molar-refractivity contribution < 1.29 is 0 Å². The summed E-state index contributed by atoms with van der Waals surface area (Å²) >= 11 is 3.80. The van der Waals surface area contributed by atoms with E-state index in [1.165, 1.54) is 35.9 Å². The van der Waals surface area contributed by atoms with Crippen molar-refractivity contribution in [1.29, 1.82) is 0 Å². The summed E-state index contributed by atoms with van der Waals surface area (Å²) in [4.78, 5) is 4.76. The molecule has 0 radical (unpaired) electrons. The van der Waals surface area contributed by atoms with Gasteiger partial charge in [-0.05, 0) is 44.1 Å². The highest BCUT2D eigenvalue weighted by atomic mass is 32.2. The number of nitrogens with one attached hydrogen (secondary N) is 1. The molecule has 0 bridgehead atoms. The molecule has 1 aliphatic carbocycles. The topological polar surface area (TPSA) is 24.9 Å². The van der Waals surface area contributed by atoms with Gasteiger partial charge >= 0.3 is 0 Å². The van der Waals surface area contributed by atoms with E-state index < -0.39 is 0 Å². The average Bonchev–Trinajstić information content (AvgIpc) is 2.83. The standard InChI is InChI=1S/C15H20N2S2/c1-10-5-3-8-13-14(10)17-15(19-13)16-11-6-4-7-12(9-11)18-2/h3,5,8,11-12H,4,6-7,9H2,1-2H3,(H,16,17). The maximum Gasteiger partial charge on any atom is 0.184 e. The second-order valence-electron chi connectivity index (χ2n) is 5.31. The van der Waals surface area contributed by atoms with Crippen LogP contribution in [0.25, 0.3) is 10.2 Å². The third-order valence-electron chi connectivity index (χ3n) is 3.91. The highest BCUT2D eigenvalue weighted by Gasteiger charge is 2.22. The van der Waals surface area contributed by atoms with Crippen molar-refractivity contribution >= 4 is 38.4 Å². The second-order valence-corrected chi connectivity index (χ2v) is 7.47. The second kappa shape index (κ2) is 5.71. The summed E-state index contributed by atoms with van der Waals surface area (Å²) in [7, 11) is 0. The highest BCUT2D eigenvalue weighted by Crippen LogP contribution is 2.32. The van der Waals surface area contributed by atoms with Crippen LogP contribution < -0.4 is 5.32 Å². The van der Waals surface area contributed by atoms with E-state index in [4.69, 9.17) is 4.98 Å². The first kappa shape index (κ1) is 13.3. The van der Waals surface area contributed by atoms with Gasteiger partial charge in [0.2, 0.25) is 0 Å². The van der Waals surface area contributed by atoms with E-state index >= 15 is 0 Å². The summed E-state index contributed by atoms with van der Waals surface area (Å²) in [5, 5.41) is 5.57. The van der Waals surface area contributed by atoms with Gasteiger partial charge in [-0.2, -0.15) is 11.8 Å². The van der Waals surface area contributed by atoms with Gasteiger partial charge in [0.15, 0.2) is 5.13 Å². The third-order valence-corrected chi connectivity index (χ3v) is 5.95. The van der Waals surface area contributed by atoms with Crippen molar-refractivity contribution in [3.63, 3.8) is 0 Å². The fourth-order valence-corrected chi connectivity index (χ4v) is 4.66. The minimum atomic E-state index is 0.604. The Balaban J connectivity index is 1.76. The molecule has 1 N–H and O–H groups in total. The van der Waals surface area contributed by atoms with Crippen molar-refractivity contribution in [2.45, 2.75) is 43.9 Å². The number of thiazole rings is 1. The molecule has 1 aromatic heterocycles. The lowest BCUT2D eigenvalue weighted by Crippen LogP contribution is -2.28. The predicted molar refractivity (Wildman–Crippen MR) is 87.5 cm³/mol. The summed E-state index contributed by atoms with van der Waals surface area (Å²) in [6.45, 7) is 2.14. The van der Waals surface area contributed by atoms with Gasteiger partial charge in [-0.1, -0.05) is 29.9 Å². The number of para-hydroxylation sites is 1. The molecule has 1 saturated carbocycles. The number of anilines is 1. The van der Waals surface area contributed by atoms with Crippen LogP contribution in [0.5, 0.6) is 0 Å². The molecule has 0 saturated heterocycles. The van der Waals surface area contributed by atoms with Crippen LogP contribution in [0.3, 0.4) is 0 Å². The first-order chi connectivity index (χ1) is 9.26. The summed E-state index contributed by atoms with van der Waals surface area (Å²) in [6, 6.07) is 7.02. The van der Waals surface area contributed by atoms with Gasteiger partial charge in [0.1, 0.15) is 0 Å². The van der Waals surface area contributed by atoms with Crippen LogP contribution in [0.4, 0.5) is 5.13 Å². The monoisotopic (exact) mass is 292 g/mol. The zero-order valence-corrected chi connectivity index (χ0v) is 13.1. The van der Waals surface area contributed by atoms with Crippen LogP contribution in [0.2, 0.25) is 0 Å². The van der Waals surface area contributed by atoms with E-state index in [1.54, 1.807) is 11.3 Å². The van der Waals surface area contributed by atoms with Crippen LogP contribution in [-0.2, 0) is 0 Å². The maximum atomic E-state index is 4.76. The Morgan fingerprint density at radius 1 is 1.37 bits per heavy atom. The molecule has 1 fully saturated rings. The van der Waals surface area contributed by atoms with Gasteiger partial charge in [-0.3, -0.25) is 0 Å². The number of aromatic nitrogens is 1. The summed E-state index contributed by atoms with van der Waals surface area (Å²) in [5.74, 6) is 0. The maximum absolute atomic E-state index is 4.76. The number of rotatable bonds is 3. The fraction of sp³-hybridized carbons (Fsp3) is 0.533. The Morgan fingerprint density at radius 2 is 2.26 bits per heavy atom. The minimum absolute atomic E-state index is 0.604. The van der Waals surface area contributed by atoms with Crippen LogP contribution in [0.1, 0.15) is 31.2 Å². The molecule has 2 aromatic rings. The molecular formula is C15H20N2S2. The molecule has 0 aliphatic heterocycles. The Kier molecular flexibility index (Phi) is 3.99. The first-order valence-electron chi connectivity index (χ1n) is 6.92. The Hall–Kier alpha value is -0.740. The molecule has 19 heavy (non-hydrogen) atoms. The Bertz CT molecular complexity index is 564. The fourth-order valence-electron chi connectivity index (χ4n) is 2.81. The van der Waals surface area contributed by atoms with Gasteiger partial charge in [0.25, 0.3) is 0 Å². The number of thioether (sulfide) groups is 1. The predicted octanol–water partition coefficient (Wildman–Crippen LogP) is 4.69. The molecule has 0 amide bonds. The summed E-state index contributed by atoms with van der Waals surface area (Å²) in [5.41, 5.74) is 2.43. The van der Waals surface area contributed by atoms with Crippen LogP contribution in [0, 0.1) is 6.92 Å². The molecule has 1 aromatic carbocycles. The van der Waals surface area contributed by atoms with E-state index in [0.29, 0.717) is 6.04 Å². The number of fused-ring (bicyclic) bond motifs is 1. The van der Waals surface area contributed by atoms with Crippen LogP contribution >= 0.6 is 23.1 Å². The molecule has 102 valence electrons. The highest BCUT2D eigenvalue weighted by molar-refractivity contribution is 7.99. The molecule has 1 aliphatic rings. The van der Waals surface area contributed by atoms with Gasteiger partial charge in [0, 0.05) is 11.3 Å². The molecule has 4 heteroatoms. The third kappa shape index (κ3) is 2.90. The van der Waals surface area contributed by atoms with Crippen molar-refractivity contribution in [1.82, 2.24) is 4.98 Å². The van der Waals surface area contributed by atoms with Crippen molar-refractivity contribution in [3.05, 3.63) is 23.8 Å². The van der Waals surface area contributed by atoms with Crippen LogP contribution in [0.15, 0.2) is 18.2 Å². The Morgan fingerprint density at radius 3 is 3.05 bits per heavy atom. The van der Waals surface area contributed by atoms with Gasteiger partial charge < -0.3 is 5.32 Å². The van der Waals surface area contributed by atoms with E-state index in [-0.39, 0.29) is 0 Å².